The van der Waals surface area contributed by atoms with E-state index in [9.17, 15) is 20.1 Å². The second kappa shape index (κ2) is 55.7. The van der Waals surface area contributed by atoms with Gasteiger partial charge in [-0.05, 0) is 38.5 Å². The molecule has 0 rings (SSSR count). The topological polar surface area (TPSA) is 89.8 Å². The summed E-state index contributed by atoms with van der Waals surface area (Å²) in [6.45, 7) is 4.21. The van der Waals surface area contributed by atoms with Gasteiger partial charge in [-0.3, -0.25) is 4.79 Å². The Hall–Kier alpha value is -0.910. The zero-order chi connectivity index (χ0) is 47.2. The van der Waals surface area contributed by atoms with E-state index in [-0.39, 0.29) is 12.5 Å². The number of hydrogen-bond donors (Lipinski definition) is 4. The molecule has 3 unspecified atom stereocenters. The second-order valence-electron chi connectivity index (χ2n) is 20.9. The highest BCUT2D eigenvalue weighted by atomic mass is 16.3. The molecule has 0 heterocycles. The molecular weight excluding hydrogens is 799 g/mol. The third kappa shape index (κ3) is 50.8. The molecule has 0 saturated carbocycles. The largest absolute Gasteiger partial charge is 0.394 e. The Labute approximate surface area is 408 Å². The van der Waals surface area contributed by atoms with E-state index < -0.39 is 18.2 Å². The summed E-state index contributed by atoms with van der Waals surface area (Å²) in [7, 11) is 0. The molecule has 0 saturated heterocycles. The minimum atomic E-state index is -1.16. The maximum atomic E-state index is 12.5. The molecule has 1 amide bonds. The number of carbonyl (C=O) groups is 1. The Morgan fingerprint density at radius 2 is 0.615 bits per heavy atom. The number of amides is 1. The number of aliphatic hydroxyl groups is 3. The Kier molecular flexibility index (Phi) is 54.9. The Balaban J connectivity index is 3.49. The number of hydrogen-bond acceptors (Lipinski definition) is 4. The average molecular weight is 919 g/mol. The van der Waals surface area contributed by atoms with Gasteiger partial charge in [-0.25, -0.2) is 0 Å². The van der Waals surface area contributed by atoms with Crippen molar-refractivity contribution < 1.29 is 20.1 Å². The van der Waals surface area contributed by atoms with Crippen molar-refractivity contribution in [2.75, 3.05) is 6.61 Å². The van der Waals surface area contributed by atoms with Gasteiger partial charge in [0.25, 0.3) is 0 Å². The SMILES string of the molecule is CCCCCCCCCCCCCCCCC/C=C/CCCC(O)C(O)C(CO)NC(=O)CCCCCCCCCCCCCCCCCCCCCCCCCCCCCCCCC. The van der Waals surface area contributed by atoms with Gasteiger partial charge in [-0.15, -0.1) is 0 Å². The molecule has 0 aliphatic carbocycles. The van der Waals surface area contributed by atoms with Crippen molar-refractivity contribution in [3.05, 3.63) is 12.2 Å². The fourth-order valence-corrected chi connectivity index (χ4v) is 9.76. The van der Waals surface area contributed by atoms with Crippen molar-refractivity contribution in [2.24, 2.45) is 0 Å². The minimum Gasteiger partial charge on any atom is -0.394 e. The van der Waals surface area contributed by atoms with Crippen molar-refractivity contribution in [2.45, 2.75) is 360 Å². The van der Waals surface area contributed by atoms with Crippen LogP contribution in [-0.4, -0.2) is 46.1 Å². The zero-order valence-electron chi connectivity index (χ0n) is 44.4. The third-order valence-corrected chi connectivity index (χ3v) is 14.4. The van der Waals surface area contributed by atoms with Gasteiger partial charge in [0, 0.05) is 6.42 Å². The zero-order valence-corrected chi connectivity index (χ0v) is 44.4. The summed E-state index contributed by atoms with van der Waals surface area (Å²) in [4.78, 5) is 12.5. The average Bonchev–Trinajstić information content (AvgIpc) is 3.31. The van der Waals surface area contributed by atoms with Crippen LogP contribution in [0.25, 0.3) is 0 Å². The molecule has 5 nitrogen and oxygen atoms in total. The smallest absolute Gasteiger partial charge is 0.220 e. The van der Waals surface area contributed by atoms with Gasteiger partial charge in [-0.1, -0.05) is 309 Å². The monoisotopic (exact) mass is 918 g/mol. The summed E-state index contributed by atoms with van der Waals surface area (Å²) in [5.41, 5.74) is 0. The van der Waals surface area contributed by atoms with Crippen molar-refractivity contribution in [1.29, 1.82) is 0 Å². The van der Waals surface area contributed by atoms with Crippen LogP contribution in [-0.2, 0) is 4.79 Å². The molecule has 0 aromatic rings. The van der Waals surface area contributed by atoms with Crippen LogP contribution in [0.5, 0.6) is 0 Å². The maximum absolute atomic E-state index is 12.5. The van der Waals surface area contributed by atoms with Gasteiger partial charge in [-0.2, -0.15) is 0 Å². The lowest BCUT2D eigenvalue weighted by Crippen LogP contribution is -2.50. The Bertz CT molecular complexity index is 925. The minimum absolute atomic E-state index is 0.146. The van der Waals surface area contributed by atoms with Crippen LogP contribution in [0.15, 0.2) is 12.2 Å². The van der Waals surface area contributed by atoms with Crippen LogP contribution in [0.2, 0.25) is 0 Å². The van der Waals surface area contributed by atoms with E-state index in [0.717, 1.165) is 38.5 Å². The van der Waals surface area contributed by atoms with Crippen molar-refractivity contribution in [3.63, 3.8) is 0 Å². The third-order valence-electron chi connectivity index (χ3n) is 14.4. The Morgan fingerprint density at radius 1 is 0.369 bits per heavy atom. The van der Waals surface area contributed by atoms with Gasteiger partial charge in [0.2, 0.25) is 5.91 Å². The number of unbranched alkanes of at least 4 members (excludes halogenated alkanes) is 46. The molecule has 0 bridgehead atoms. The second-order valence-corrected chi connectivity index (χ2v) is 20.9. The van der Waals surface area contributed by atoms with E-state index in [1.807, 2.05) is 0 Å². The number of allylic oxidation sites excluding steroid dienone is 2. The molecule has 5 heteroatoms. The van der Waals surface area contributed by atoms with Gasteiger partial charge in [0.1, 0.15) is 6.10 Å². The van der Waals surface area contributed by atoms with E-state index in [4.69, 9.17) is 0 Å². The van der Waals surface area contributed by atoms with E-state index in [0.29, 0.717) is 12.8 Å². The maximum Gasteiger partial charge on any atom is 0.220 e. The predicted octanol–water partition coefficient (Wildman–Crippen LogP) is 18.7. The first-order chi connectivity index (χ1) is 32.1. The predicted molar refractivity (Wildman–Crippen MR) is 287 cm³/mol. The fraction of sp³-hybridized carbons (Fsp3) is 0.950. The van der Waals surface area contributed by atoms with Crippen molar-refractivity contribution >= 4 is 5.91 Å². The molecule has 0 radical (unpaired) electrons. The molecule has 65 heavy (non-hydrogen) atoms. The van der Waals surface area contributed by atoms with Crippen molar-refractivity contribution in [1.82, 2.24) is 5.32 Å². The first-order valence-electron chi connectivity index (χ1n) is 30.0. The Morgan fingerprint density at radius 3 is 0.892 bits per heavy atom. The van der Waals surface area contributed by atoms with Crippen LogP contribution in [0, 0.1) is 0 Å². The molecule has 388 valence electrons. The normalized spacial score (nSPS) is 13.2. The summed E-state index contributed by atoms with van der Waals surface area (Å²) in [5, 5.41) is 33.8. The van der Waals surface area contributed by atoms with Gasteiger partial charge >= 0.3 is 0 Å². The highest BCUT2D eigenvalue weighted by molar-refractivity contribution is 5.76. The number of aliphatic hydroxyl groups excluding tert-OH is 3. The van der Waals surface area contributed by atoms with Crippen LogP contribution in [0.4, 0.5) is 0 Å². The van der Waals surface area contributed by atoms with E-state index in [2.05, 4.69) is 31.3 Å². The quantitative estimate of drug-likeness (QED) is 0.0361. The van der Waals surface area contributed by atoms with Gasteiger partial charge < -0.3 is 20.6 Å². The summed E-state index contributed by atoms with van der Waals surface area (Å²) in [6, 6.07) is -0.823. The lowest BCUT2D eigenvalue weighted by atomic mass is 10.0. The highest BCUT2D eigenvalue weighted by Crippen LogP contribution is 2.18. The van der Waals surface area contributed by atoms with Gasteiger partial charge in [0.15, 0.2) is 0 Å². The summed E-state index contributed by atoms with van der Waals surface area (Å²) in [5.74, 6) is -0.146. The standard InChI is InChI=1S/C60H119NO4/c1-3-5-7-9-11-13-15-17-19-21-23-25-26-27-28-29-30-31-32-33-34-35-37-39-41-43-45-47-49-51-53-55-59(64)61-57(56-62)60(65)58(63)54-52-50-48-46-44-42-40-38-36-24-22-20-18-16-14-12-10-8-6-4-2/h46,48,57-58,60,62-63,65H,3-45,47,49-56H2,1-2H3,(H,61,64)/b48-46+. The molecule has 0 aromatic heterocycles. The first kappa shape index (κ1) is 64.1. The molecular formula is C60H119NO4. The molecule has 0 spiro atoms. The van der Waals surface area contributed by atoms with Crippen LogP contribution in [0.3, 0.4) is 0 Å². The summed E-state index contributed by atoms with van der Waals surface area (Å²) in [6.07, 6.45) is 69.6. The number of carbonyl (C=O) groups excluding carboxylic acids is 1. The van der Waals surface area contributed by atoms with Gasteiger partial charge in [0.05, 0.1) is 18.8 Å². The number of nitrogens with one attached hydrogen (secondary N) is 1. The number of rotatable bonds is 56. The van der Waals surface area contributed by atoms with Crippen LogP contribution >= 0.6 is 0 Å². The molecule has 0 aliphatic heterocycles. The molecule has 0 aromatic carbocycles. The molecule has 0 aliphatic rings. The van der Waals surface area contributed by atoms with E-state index in [1.165, 1.54) is 276 Å². The summed E-state index contributed by atoms with van der Waals surface area (Å²) >= 11 is 0. The summed E-state index contributed by atoms with van der Waals surface area (Å²) < 4.78 is 0. The van der Waals surface area contributed by atoms with Crippen LogP contribution in [0.1, 0.15) is 341 Å². The lowest BCUT2D eigenvalue weighted by Gasteiger charge is -2.26. The molecule has 4 N–H and O–H groups in total. The fourth-order valence-electron chi connectivity index (χ4n) is 9.76. The lowest BCUT2D eigenvalue weighted by molar-refractivity contribution is -0.124. The van der Waals surface area contributed by atoms with E-state index in [1.54, 1.807) is 0 Å². The van der Waals surface area contributed by atoms with E-state index >= 15 is 0 Å². The van der Waals surface area contributed by atoms with Crippen LogP contribution < -0.4 is 5.32 Å². The highest BCUT2D eigenvalue weighted by Gasteiger charge is 2.26. The van der Waals surface area contributed by atoms with Crippen molar-refractivity contribution in [3.8, 4) is 0 Å². The first-order valence-corrected chi connectivity index (χ1v) is 30.0. The molecule has 3 atom stereocenters. The molecule has 0 fully saturated rings.